The smallest absolute Gasteiger partial charge is 0.243 e. The van der Waals surface area contributed by atoms with E-state index in [1.807, 2.05) is 24.3 Å². The Bertz CT molecular complexity index is 938. The summed E-state index contributed by atoms with van der Waals surface area (Å²) in [5.41, 5.74) is 0.998. The van der Waals surface area contributed by atoms with Gasteiger partial charge in [0.2, 0.25) is 15.9 Å². The normalized spacial score (nSPS) is 15.8. The van der Waals surface area contributed by atoms with E-state index in [4.69, 9.17) is 4.74 Å². The molecular formula is C21H25FN2O4S. The van der Waals surface area contributed by atoms with E-state index in [1.54, 1.807) is 19.1 Å². The molecule has 2 aromatic rings. The van der Waals surface area contributed by atoms with Crippen molar-refractivity contribution in [2.24, 2.45) is 5.92 Å². The van der Waals surface area contributed by atoms with Gasteiger partial charge in [-0.15, -0.1) is 0 Å². The summed E-state index contributed by atoms with van der Waals surface area (Å²) in [6, 6.07) is 12.4. The van der Waals surface area contributed by atoms with Crippen LogP contribution in [0, 0.1) is 11.7 Å². The van der Waals surface area contributed by atoms with Gasteiger partial charge in [0.25, 0.3) is 0 Å². The highest BCUT2D eigenvalue weighted by molar-refractivity contribution is 7.89. The van der Waals surface area contributed by atoms with Crippen molar-refractivity contribution in [2.45, 2.75) is 24.3 Å². The van der Waals surface area contributed by atoms with E-state index < -0.39 is 15.8 Å². The Hall–Kier alpha value is -2.45. The van der Waals surface area contributed by atoms with Crippen LogP contribution in [0.25, 0.3) is 0 Å². The summed E-state index contributed by atoms with van der Waals surface area (Å²) >= 11 is 0. The monoisotopic (exact) mass is 420 g/mol. The van der Waals surface area contributed by atoms with E-state index in [2.05, 4.69) is 0 Å². The first-order chi connectivity index (χ1) is 13.8. The van der Waals surface area contributed by atoms with Crippen LogP contribution in [0.3, 0.4) is 0 Å². The molecule has 0 atom stereocenters. The highest BCUT2D eigenvalue weighted by Crippen LogP contribution is 2.25. The van der Waals surface area contributed by atoms with Crippen molar-refractivity contribution in [3.63, 3.8) is 0 Å². The topological polar surface area (TPSA) is 66.9 Å². The molecule has 1 aliphatic rings. The molecule has 1 amide bonds. The predicted octanol–water partition coefficient (Wildman–Crippen LogP) is 2.89. The van der Waals surface area contributed by atoms with E-state index in [0.717, 1.165) is 23.4 Å². The van der Waals surface area contributed by atoms with E-state index in [9.17, 15) is 17.6 Å². The molecule has 1 saturated heterocycles. The van der Waals surface area contributed by atoms with Crippen LogP contribution in [-0.2, 0) is 21.4 Å². The van der Waals surface area contributed by atoms with Crippen LogP contribution in [-0.4, -0.2) is 50.8 Å². The summed E-state index contributed by atoms with van der Waals surface area (Å²) < 4.78 is 45.0. The predicted molar refractivity (Wildman–Crippen MR) is 107 cm³/mol. The van der Waals surface area contributed by atoms with Gasteiger partial charge < -0.3 is 9.64 Å². The van der Waals surface area contributed by atoms with Gasteiger partial charge in [-0.3, -0.25) is 4.79 Å². The standard InChI is InChI=1S/C21H25FN2O4S/c1-23(15-16-3-7-19(28-2)8-4-16)21(25)17-11-13-24(14-12-17)29(26,27)20-9-5-18(22)6-10-20/h3-10,17H,11-15H2,1-2H3. The molecule has 1 fully saturated rings. The summed E-state index contributed by atoms with van der Waals surface area (Å²) in [5.74, 6) is 0.0863. The summed E-state index contributed by atoms with van der Waals surface area (Å²) in [5, 5.41) is 0. The lowest BCUT2D eigenvalue weighted by Crippen LogP contribution is -2.43. The van der Waals surface area contributed by atoms with Crippen molar-refractivity contribution in [1.29, 1.82) is 0 Å². The summed E-state index contributed by atoms with van der Waals surface area (Å²) in [6.07, 6.45) is 0.929. The molecule has 0 radical (unpaired) electrons. The van der Waals surface area contributed by atoms with E-state index >= 15 is 0 Å². The Kier molecular flexibility index (Phi) is 6.54. The molecule has 1 aliphatic heterocycles. The zero-order valence-electron chi connectivity index (χ0n) is 16.5. The second-order valence-electron chi connectivity index (χ2n) is 7.17. The maximum atomic E-state index is 13.1. The lowest BCUT2D eigenvalue weighted by molar-refractivity contribution is -0.135. The number of amides is 1. The highest BCUT2D eigenvalue weighted by Gasteiger charge is 2.33. The van der Waals surface area contributed by atoms with Gasteiger partial charge in [0, 0.05) is 32.6 Å². The molecule has 3 rings (SSSR count). The molecule has 2 aromatic carbocycles. The SMILES string of the molecule is COc1ccc(CN(C)C(=O)C2CCN(S(=O)(=O)c3ccc(F)cc3)CC2)cc1. The molecule has 0 spiro atoms. The van der Waals surface area contributed by atoms with Crippen LogP contribution >= 0.6 is 0 Å². The first kappa shape index (κ1) is 21.3. The van der Waals surface area contributed by atoms with Crippen LogP contribution < -0.4 is 4.74 Å². The largest absolute Gasteiger partial charge is 0.497 e. The van der Waals surface area contributed by atoms with Crippen molar-refractivity contribution in [1.82, 2.24) is 9.21 Å². The summed E-state index contributed by atoms with van der Waals surface area (Å²) in [7, 11) is -0.311. The minimum absolute atomic E-state index is 0.0136. The maximum Gasteiger partial charge on any atom is 0.243 e. The first-order valence-electron chi connectivity index (χ1n) is 9.45. The number of sulfonamides is 1. The van der Waals surface area contributed by atoms with Crippen molar-refractivity contribution in [3.8, 4) is 5.75 Å². The lowest BCUT2D eigenvalue weighted by atomic mass is 9.96. The third-order valence-electron chi connectivity index (χ3n) is 5.21. The fourth-order valence-electron chi connectivity index (χ4n) is 3.49. The molecule has 0 aromatic heterocycles. The molecule has 1 heterocycles. The highest BCUT2D eigenvalue weighted by atomic mass is 32.2. The molecule has 6 nitrogen and oxygen atoms in total. The van der Waals surface area contributed by atoms with Gasteiger partial charge in [0.05, 0.1) is 12.0 Å². The number of methoxy groups -OCH3 is 1. The van der Waals surface area contributed by atoms with Gasteiger partial charge in [-0.25, -0.2) is 12.8 Å². The van der Waals surface area contributed by atoms with Gasteiger partial charge in [0.15, 0.2) is 0 Å². The minimum Gasteiger partial charge on any atom is -0.497 e. The zero-order valence-corrected chi connectivity index (χ0v) is 17.4. The number of benzene rings is 2. The fourth-order valence-corrected chi connectivity index (χ4v) is 4.96. The molecule has 0 aliphatic carbocycles. The molecule has 0 N–H and O–H groups in total. The number of ether oxygens (including phenoxy) is 1. The molecule has 0 saturated carbocycles. The van der Waals surface area contributed by atoms with Gasteiger partial charge in [-0.1, -0.05) is 12.1 Å². The summed E-state index contributed by atoms with van der Waals surface area (Å²) in [4.78, 5) is 14.5. The van der Waals surface area contributed by atoms with Crippen molar-refractivity contribution >= 4 is 15.9 Å². The number of hydrogen-bond acceptors (Lipinski definition) is 4. The van der Waals surface area contributed by atoms with Gasteiger partial charge in [-0.2, -0.15) is 4.31 Å². The average molecular weight is 421 g/mol. The maximum absolute atomic E-state index is 13.1. The molecular weight excluding hydrogens is 395 g/mol. The second-order valence-corrected chi connectivity index (χ2v) is 9.11. The molecule has 0 bridgehead atoms. The number of carbonyl (C=O) groups is 1. The van der Waals surface area contributed by atoms with Gasteiger partial charge in [0.1, 0.15) is 11.6 Å². The van der Waals surface area contributed by atoms with E-state index in [0.29, 0.717) is 19.4 Å². The Labute approximate surface area is 170 Å². The van der Waals surface area contributed by atoms with Crippen LogP contribution in [0.15, 0.2) is 53.4 Å². The van der Waals surface area contributed by atoms with Gasteiger partial charge in [-0.05, 0) is 54.8 Å². The van der Waals surface area contributed by atoms with E-state index in [1.165, 1.54) is 16.4 Å². The van der Waals surface area contributed by atoms with Crippen LogP contribution in [0.2, 0.25) is 0 Å². The Morgan fingerprint density at radius 3 is 2.24 bits per heavy atom. The molecule has 8 heteroatoms. The lowest BCUT2D eigenvalue weighted by Gasteiger charge is -2.32. The third kappa shape index (κ3) is 4.94. The Morgan fingerprint density at radius 2 is 1.69 bits per heavy atom. The molecule has 0 unspecified atom stereocenters. The number of piperidine rings is 1. The van der Waals surface area contributed by atoms with Crippen LogP contribution in [0.4, 0.5) is 4.39 Å². The zero-order chi connectivity index (χ0) is 21.0. The quantitative estimate of drug-likeness (QED) is 0.721. The summed E-state index contributed by atoms with van der Waals surface area (Å²) in [6.45, 7) is 1.02. The molecule has 156 valence electrons. The second kappa shape index (κ2) is 8.92. The van der Waals surface area contributed by atoms with Crippen LogP contribution in [0.5, 0.6) is 5.75 Å². The third-order valence-corrected chi connectivity index (χ3v) is 7.12. The number of nitrogens with zero attached hydrogens (tertiary/aromatic N) is 2. The number of halogens is 1. The number of hydrogen-bond donors (Lipinski definition) is 0. The fraction of sp³-hybridized carbons (Fsp3) is 0.381. The van der Waals surface area contributed by atoms with Crippen molar-refractivity contribution in [3.05, 3.63) is 59.9 Å². The average Bonchev–Trinajstić information content (AvgIpc) is 2.74. The Balaban J connectivity index is 1.57. The van der Waals surface area contributed by atoms with Crippen molar-refractivity contribution in [2.75, 3.05) is 27.2 Å². The first-order valence-corrected chi connectivity index (χ1v) is 10.9. The van der Waals surface area contributed by atoms with E-state index in [-0.39, 0.29) is 29.8 Å². The van der Waals surface area contributed by atoms with Gasteiger partial charge >= 0.3 is 0 Å². The Morgan fingerprint density at radius 1 is 1.10 bits per heavy atom. The van der Waals surface area contributed by atoms with Crippen LogP contribution in [0.1, 0.15) is 18.4 Å². The molecule has 29 heavy (non-hydrogen) atoms. The van der Waals surface area contributed by atoms with Crippen molar-refractivity contribution < 1.29 is 22.3 Å². The minimum atomic E-state index is -3.67. The number of rotatable bonds is 6. The number of carbonyl (C=O) groups excluding carboxylic acids is 1.